The molecule has 3 rings (SSSR count). The lowest BCUT2D eigenvalue weighted by Crippen LogP contribution is -2.60. The Morgan fingerprint density at radius 2 is 1.78 bits per heavy atom. The fourth-order valence-electron chi connectivity index (χ4n) is 4.37. The number of esters is 2. The van der Waals surface area contributed by atoms with Crippen LogP contribution in [-0.2, 0) is 38.0 Å². The predicted molar refractivity (Wildman–Crippen MR) is 134 cm³/mol. The summed E-state index contributed by atoms with van der Waals surface area (Å²) in [7, 11) is 2.46. The Labute approximate surface area is 234 Å². The smallest absolute Gasteiger partial charge is 0.337 e. The van der Waals surface area contributed by atoms with Crippen molar-refractivity contribution < 1.29 is 73.8 Å². The molecule has 0 amide bonds. The van der Waals surface area contributed by atoms with Crippen LogP contribution in [0.4, 0.5) is 0 Å². The van der Waals surface area contributed by atoms with Crippen molar-refractivity contribution in [3.8, 4) is 11.5 Å². The summed E-state index contributed by atoms with van der Waals surface area (Å²) >= 11 is 0. The Bertz CT molecular complexity index is 1120. The lowest BCUT2D eigenvalue weighted by atomic mass is 9.86. The number of hydrogen-bond acceptors (Lipinski definition) is 15. The fraction of sp³-hybridized carbons (Fsp3) is 0.538. The average molecular weight is 587 g/mol. The minimum absolute atomic E-state index is 0.0519. The zero-order chi connectivity index (χ0) is 30.3. The molecule has 1 fully saturated rings. The zero-order valence-electron chi connectivity index (χ0n) is 22.2. The highest BCUT2D eigenvalue weighted by Crippen LogP contribution is 2.36. The first-order chi connectivity index (χ1) is 19.6. The number of hydrogen-bond donors (Lipinski definition) is 7. The van der Waals surface area contributed by atoms with Gasteiger partial charge in [-0.2, -0.15) is 0 Å². The van der Waals surface area contributed by atoms with Crippen molar-refractivity contribution in [2.75, 3.05) is 34.0 Å². The number of carbonyl (C=O) groups excluding carboxylic acids is 2. The first-order valence-electron chi connectivity index (χ1n) is 12.5. The summed E-state index contributed by atoms with van der Waals surface area (Å²) in [5, 5.41) is 68.9. The van der Waals surface area contributed by atoms with Gasteiger partial charge in [0.25, 0.3) is 0 Å². The second-order valence-electron chi connectivity index (χ2n) is 9.17. The molecular weight excluding hydrogens is 552 g/mol. The highest BCUT2D eigenvalue weighted by atomic mass is 16.8. The summed E-state index contributed by atoms with van der Waals surface area (Å²) in [6.45, 7) is -1.59. The molecule has 15 nitrogen and oxygen atoms in total. The number of carbonyl (C=O) groups is 2. The number of rotatable bonds is 11. The van der Waals surface area contributed by atoms with Crippen molar-refractivity contribution in [3.05, 3.63) is 47.2 Å². The minimum atomic E-state index is -1.77. The topological polar surface area (TPSA) is 231 Å². The molecule has 0 unspecified atom stereocenters. The minimum Gasteiger partial charge on any atom is -0.504 e. The zero-order valence-corrected chi connectivity index (χ0v) is 22.2. The maximum atomic E-state index is 12.9. The summed E-state index contributed by atoms with van der Waals surface area (Å²) < 4.78 is 32.0. The molecule has 228 valence electrons. The van der Waals surface area contributed by atoms with E-state index >= 15 is 0 Å². The number of phenols is 2. The summed E-state index contributed by atoms with van der Waals surface area (Å²) in [4.78, 5) is 25.4. The van der Waals surface area contributed by atoms with Gasteiger partial charge in [-0.3, -0.25) is 4.79 Å². The highest BCUT2D eigenvalue weighted by Gasteiger charge is 2.47. The van der Waals surface area contributed by atoms with Crippen LogP contribution in [0.15, 0.2) is 41.7 Å². The van der Waals surface area contributed by atoms with E-state index in [1.807, 2.05) is 0 Å². The number of benzene rings is 1. The van der Waals surface area contributed by atoms with Gasteiger partial charge in [0, 0.05) is 18.6 Å². The van der Waals surface area contributed by atoms with E-state index in [9.17, 15) is 45.3 Å². The molecular formula is C26H34O15. The van der Waals surface area contributed by atoms with Gasteiger partial charge in [0.1, 0.15) is 37.1 Å². The maximum absolute atomic E-state index is 12.9. The van der Waals surface area contributed by atoms with Crippen LogP contribution in [0.25, 0.3) is 0 Å². The highest BCUT2D eigenvalue weighted by molar-refractivity contribution is 5.90. The lowest BCUT2D eigenvalue weighted by Gasteiger charge is -2.42. The van der Waals surface area contributed by atoms with Gasteiger partial charge in [-0.25, -0.2) is 4.79 Å². The molecule has 0 aliphatic carbocycles. The maximum Gasteiger partial charge on any atom is 0.337 e. The normalized spacial score (nSPS) is 29.8. The predicted octanol–water partition coefficient (Wildman–Crippen LogP) is -1.52. The first kappa shape index (κ1) is 32.2. The van der Waals surface area contributed by atoms with Crippen molar-refractivity contribution >= 4 is 11.9 Å². The average Bonchev–Trinajstić information content (AvgIpc) is 2.96. The van der Waals surface area contributed by atoms with Crippen molar-refractivity contribution in [3.63, 3.8) is 0 Å². The Balaban J connectivity index is 1.79. The Morgan fingerprint density at radius 1 is 1.05 bits per heavy atom. The number of ether oxygens (including phenoxy) is 6. The van der Waals surface area contributed by atoms with Gasteiger partial charge in [-0.15, -0.1) is 0 Å². The van der Waals surface area contributed by atoms with Gasteiger partial charge in [-0.05, 0) is 17.7 Å². The first-order valence-corrected chi connectivity index (χ1v) is 12.5. The quantitative estimate of drug-likeness (QED) is 0.0887. The number of aliphatic hydroxyl groups excluding tert-OH is 5. The Hall–Kier alpha value is -3.28. The molecule has 0 bridgehead atoms. The van der Waals surface area contributed by atoms with E-state index in [1.54, 1.807) is 0 Å². The molecule has 2 aliphatic rings. The summed E-state index contributed by atoms with van der Waals surface area (Å²) in [6, 6.07) is 3.96. The molecule has 1 aromatic rings. The summed E-state index contributed by atoms with van der Waals surface area (Å²) in [5.41, 5.74) is 0.339. The number of aliphatic hydroxyl groups is 5. The van der Waals surface area contributed by atoms with E-state index in [1.165, 1.54) is 31.4 Å². The van der Waals surface area contributed by atoms with Crippen LogP contribution in [0.3, 0.4) is 0 Å². The SMILES string of the molecule is COC(=O)C1=CO[C@@H](O[C@@H]2O[C@H](CO)[C@@H](O)[C@H](O)[C@H]2O)/C(=C/CO)[C@@H]1CC(=O)OC[C@H](OC)c1ccc(O)c(O)c1. The van der Waals surface area contributed by atoms with Crippen molar-refractivity contribution in [1.82, 2.24) is 0 Å². The van der Waals surface area contributed by atoms with Crippen molar-refractivity contribution in [2.24, 2.45) is 5.92 Å². The van der Waals surface area contributed by atoms with E-state index in [4.69, 9.17) is 28.4 Å². The van der Waals surface area contributed by atoms with Crippen LogP contribution < -0.4 is 0 Å². The van der Waals surface area contributed by atoms with Crippen LogP contribution in [0, 0.1) is 5.92 Å². The van der Waals surface area contributed by atoms with Gasteiger partial charge in [0.15, 0.2) is 17.8 Å². The van der Waals surface area contributed by atoms with Crippen molar-refractivity contribution in [2.45, 2.75) is 49.5 Å². The molecule has 41 heavy (non-hydrogen) atoms. The summed E-state index contributed by atoms with van der Waals surface area (Å²) in [5.74, 6) is -3.51. The number of aromatic hydroxyl groups is 2. The standard InChI is InChI=1S/C26H34O15/c1-36-19(12-3-4-16(29)17(30)7-12)11-38-20(31)8-14-13(5-6-27)25(39-10-15(14)24(35)37-2)41-26-23(34)22(33)21(32)18(9-28)40-26/h3-5,7,10,14,18-19,21-23,25-30,32-34H,6,8-9,11H2,1-2H3/b13-5+/t14-,18+,19-,21+,22-,23+,25-,26-/m0/s1. The number of phenolic OH excluding ortho intramolecular Hbond substituents is 2. The van der Waals surface area contributed by atoms with E-state index in [2.05, 4.69) is 0 Å². The van der Waals surface area contributed by atoms with Crippen LogP contribution >= 0.6 is 0 Å². The third-order valence-corrected chi connectivity index (χ3v) is 6.65. The molecule has 2 aliphatic heterocycles. The van der Waals surface area contributed by atoms with E-state index < -0.39 is 86.3 Å². The van der Waals surface area contributed by atoms with Crippen LogP contribution in [0.2, 0.25) is 0 Å². The molecule has 0 radical (unpaired) electrons. The van der Waals surface area contributed by atoms with E-state index in [0.717, 1.165) is 13.4 Å². The third-order valence-electron chi connectivity index (χ3n) is 6.65. The molecule has 8 atom stereocenters. The second kappa shape index (κ2) is 14.6. The molecule has 1 saturated heterocycles. The Morgan fingerprint density at radius 3 is 2.39 bits per heavy atom. The Kier molecular flexibility index (Phi) is 11.5. The molecule has 7 N–H and O–H groups in total. The molecule has 0 spiro atoms. The van der Waals surface area contributed by atoms with Gasteiger partial charge >= 0.3 is 11.9 Å². The van der Waals surface area contributed by atoms with Gasteiger partial charge in [0.05, 0.1) is 38.6 Å². The molecule has 0 saturated carbocycles. The van der Waals surface area contributed by atoms with E-state index in [0.29, 0.717) is 5.56 Å². The number of methoxy groups -OCH3 is 2. The van der Waals surface area contributed by atoms with Crippen molar-refractivity contribution in [1.29, 1.82) is 0 Å². The molecule has 2 heterocycles. The molecule has 15 heteroatoms. The second-order valence-corrected chi connectivity index (χ2v) is 9.17. The van der Waals surface area contributed by atoms with Gasteiger partial charge in [0.2, 0.25) is 6.29 Å². The van der Waals surface area contributed by atoms with Gasteiger partial charge in [-0.1, -0.05) is 12.1 Å². The lowest BCUT2D eigenvalue weighted by molar-refractivity contribution is -0.327. The largest absolute Gasteiger partial charge is 0.504 e. The van der Waals surface area contributed by atoms with Gasteiger partial charge < -0.3 is 64.2 Å². The summed E-state index contributed by atoms with van der Waals surface area (Å²) in [6.07, 6.45) is -8.60. The van der Waals surface area contributed by atoms with E-state index in [-0.39, 0.29) is 23.5 Å². The van der Waals surface area contributed by atoms with Crippen LogP contribution in [0.5, 0.6) is 11.5 Å². The third kappa shape index (κ3) is 7.52. The van der Waals surface area contributed by atoms with Crippen LogP contribution in [-0.4, -0.2) is 119 Å². The fourth-order valence-corrected chi connectivity index (χ4v) is 4.37. The monoisotopic (exact) mass is 586 g/mol. The van der Waals surface area contributed by atoms with Crippen LogP contribution in [0.1, 0.15) is 18.1 Å². The molecule has 1 aromatic carbocycles. The molecule has 0 aromatic heterocycles.